The Morgan fingerprint density at radius 1 is 1.18 bits per heavy atom. The van der Waals surface area contributed by atoms with Crippen LogP contribution < -0.4 is 0 Å². The lowest BCUT2D eigenvalue weighted by Crippen LogP contribution is -2.36. The van der Waals surface area contributed by atoms with Crippen molar-refractivity contribution >= 4 is 0 Å². The molecule has 1 aliphatic rings. The molecule has 1 heteroatoms. The maximum absolute atomic E-state index is 8.06. The van der Waals surface area contributed by atoms with Crippen LogP contribution in [0.25, 0.3) is 0 Å². The third-order valence-electron chi connectivity index (χ3n) is 1.85. The van der Waals surface area contributed by atoms with Crippen molar-refractivity contribution in [1.29, 1.82) is 0 Å². The Bertz CT molecular complexity index is 166. The van der Waals surface area contributed by atoms with E-state index >= 15 is 0 Å². The van der Waals surface area contributed by atoms with Crippen LogP contribution in [0.4, 0.5) is 0 Å². The first-order valence-electron chi connectivity index (χ1n) is 5.61. The third-order valence-corrected chi connectivity index (χ3v) is 1.85. The van der Waals surface area contributed by atoms with Gasteiger partial charge in [-0.25, -0.2) is 0 Å². The minimum atomic E-state index is -1.16. The molecule has 0 aromatic heterocycles. The zero-order valence-electron chi connectivity index (χ0n) is 9.98. The van der Waals surface area contributed by atoms with Gasteiger partial charge in [-0.3, -0.25) is 0 Å². The molecule has 11 heavy (non-hydrogen) atoms. The summed E-state index contributed by atoms with van der Waals surface area (Å²) >= 11 is 0. The van der Waals surface area contributed by atoms with Gasteiger partial charge in [0, 0.05) is 9.24 Å². The van der Waals surface area contributed by atoms with Crippen LogP contribution >= 0.6 is 0 Å². The largest absolute Gasteiger partial charge is 0.303 e. The summed E-state index contributed by atoms with van der Waals surface area (Å²) in [6, 6.07) is 0. The average Bonchev–Trinajstić information content (AvgIpc) is 2.04. The summed E-state index contributed by atoms with van der Waals surface area (Å²) in [5, 5.41) is 0. The maximum Gasteiger partial charge on any atom is 0.0436 e. The molecule has 1 saturated heterocycles. The van der Waals surface area contributed by atoms with Crippen molar-refractivity contribution < 1.29 is 2.74 Å². The fraction of sp³-hybridized carbons (Fsp3) is 1.00. The van der Waals surface area contributed by atoms with Gasteiger partial charge in [0.1, 0.15) is 0 Å². The number of likely N-dealkylation sites (tertiary alicyclic amines) is 1. The fourth-order valence-corrected chi connectivity index (χ4v) is 1.48. The molecule has 0 aromatic rings. The molecule has 0 N–H and O–H groups in total. The highest BCUT2D eigenvalue weighted by molar-refractivity contribution is 4.71. The molecule has 0 atom stereocenters. The fourth-order valence-electron chi connectivity index (χ4n) is 1.48. The zero-order valence-corrected chi connectivity index (χ0v) is 7.98. The number of rotatable bonds is 1. The SMILES string of the molecule is [2H]C([2H])(N1CCCCC1)C(C)(C)C. The van der Waals surface area contributed by atoms with Gasteiger partial charge in [0.25, 0.3) is 0 Å². The number of hydrogen-bond donors (Lipinski definition) is 0. The molecule has 1 nitrogen and oxygen atoms in total. The van der Waals surface area contributed by atoms with Gasteiger partial charge in [-0.05, 0) is 31.3 Å². The molecule has 1 fully saturated rings. The smallest absolute Gasteiger partial charge is 0.0436 e. The summed E-state index contributed by atoms with van der Waals surface area (Å²) in [5.41, 5.74) is -0.287. The molecule has 0 radical (unpaired) electrons. The van der Waals surface area contributed by atoms with E-state index in [4.69, 9.17) is 2.74 Å². The molecular formula is C10H21N. The van der Waals surface area contributed by atoms with Crippen molar-refractivity contribution in [2.45, 2.75) is 40.0 Å². The van der Waals surface area contributed by atoms with Crippen LogP contribution in [0.1, 0.15) is 42.8 Å². The highest BCUT2D eigenvalue weighted by Crippen LogP contribution is 2.18. The monoisotopic (exact) mass is 157 g/mol. The first-order valence-corrected chi connectivity index (χ1v) is 4.61. The van der Waals surface area contributed by atoms with E-state index in [1.807, 2.05) is 25.7 Å². The normalized spacial score (nSPS) is 26.1. The molecule has 0 aromatic carbocycles. The van der Waals surface area contributed by atoms with Crippen LogP contribution in [-0.4, -0.2) is 24.5 Å². The Balaban J connectivity index is 2.67. The van der Waals surface area contributed by atoms with Crippen molar-refractivity contribution in [3.8, 4) is 0 Å². The second-order valence-corrected chi connectivity index (χ2v) is 4.41. The van der Waals surface area contributed by atoms with Gasteiger partial charge in [-0.1, -0.05) is 27.2 Å². The molecule has 66 valence electrons. The predicted octanol–water partition coefficient (Wildman–Crippen LogP) is 2.52. The number of piperidine rings is 1. The second kappa shape index (κ2) is 3.57. The van der Waals surface area contributed by atoms with Crippen molar-refractivity contribution in [3.05, 3.63) is 0 Å². The maximum atomic E-state index is 8.06. The molecule has 1 aliphatic heterocycles. The van der Waals surface area contributed by atoms with Crippen molar-refractivity contribution in [3.63, 3.8) is 0 Å². The molecule has 0 spiro atoms. The molecule has 0 amide bonds. The topological polar surface area (TPSA) is 3.24 Å². The van der Waals surface area contributed by atoms with Crippen molar-refractivity contribution in [2.75, 3.05) is 19.6 Å². The van der Waals surface area contributed by atoms with Gasteiger partial charge in [0.05, 0.1) is 0 Å². The van der Waals surface area contributed by atoms with Gasteiger partial charge in [-0.15, -0.1) is 0 Å². The second-order valence-electron chi connectivity index (χ2n) is 4.41. The van der Waals surface area contributed by atoms with Gasteiger partial charge in [0.15, 0.2) is 0 Å². The van der Waals surface area contributed by atoms with Crippen LogP contribution in [0.3, 0.4) is 0 Å². The van der Waals surface area contributed by atoms with E-state index in [1.165, 1.54) is 6.42 Å². The Morgan fingerprint density at radius 2 is 1.73 bits per heavy atom. The van der Waals surface area contributed by atoms with Crippen molar-refractivity contribution in [2.24, 2.45) is 5.41 Å². The lowest BCUT2D eigenvalue weighted by atomic mass is 9.95. The summed E-state index contributed by atoms with van der Waals surface area (Å²) in [6.07, 6.45) is 3.56. The molecule has 1 rings (SSSR count). The minimum absolute atomic E-state index is 0.287. The van der Waals surface area contributed by atoms with E-state index < -0.39 is 6.50 Å². The van der Waals surface area contributed by atoms with Crippen LogP contribution in [-0.2, 0) is 0 Å². The number of nitrogens with zero attached hydrogens (tertiary/aromatic N) is 1. The first-order chi connectivity index (χ1) is 5.86. The van der Waals surface area contributed by atoms with Crippen LogP contribution in [0.2, 0.25) is 0 Å². The minimum Gasteiger partial charge on any atom is -0.303 e. The van der Waals surface area contributed by atoms with E-state index in [2.05, 4.69) is 0 Å². The lowest BCUT2D eigenvalue weighted by Gasteiger charge is -2.32. The van der Waals surface area contributed by atoms with E-state index in [1.54, 1.807) is 0 Å². The summed E-state index contributed by atoms with van der Waals surface area (Å²) < 4.78 is 16.1. The van der Waals surface area contributed by atoms with Gasteiger partial charge in [0.2, 0.25) is 0 Å². The summed E-state index contributed by atoms with van der Waals surface area (Å²) in [7, 11) is 0. The van der Waals surface area contributed by atoms with Crippen LogP contribution in [0.5, 0.6) is 0 Å². The van der Waals surface area contributed by atoms with E-state index in [0.717, 1.165) is 25.9 Å². The summed E-state index contributed by atoms with van der Waals surface area (Å²) in [6.45, 7) is 6.60. The molecule has 0 saturated carbocycles. The van der Waals surface area contributed by atoms with Gasteiger partial charge < -0.3 is 4.90 Å². The number of hydrogen-bond acceptors (Lipinski definition) is 1. The Kier molecular flexibility index (Phi) is 2.10. The summed E-state index contributed by atoms with van der Waals surface area (Å²) in [5.74, 6) is 0. The van der Waals surface area contributed by atoms with E-state index in [-0.39, 0.29) is 5.41 Å². The quantitative estimate of drug-likeness (QED) is 0.565. The Hall–Kier alpha value is -0.0400. The predicted molar refractivity (Wildman–Crippen MR) is 49.7 cm³/mol. The van der Waals surface area contributed by atoms with Gasteiger partial charge in [-0.2, -0.15) is 0 Å². The average molecular weight is 157 g/mol. The molecule has 0 aliphatic carbocycles. The zero-order chi connectivity index (χ0) is 10.1. The lowest BCUT2D eigenvalue weighted by molar-refractivity contribution is 0.164. The first kappa shape index (κ1) is 6.47. The molecule has 0 bridgehead atoms. The molecule has 1 heterocycles. The molecule has 0 unspecified atom stereocenters. The van der Waals surface area contributed by atoms with Gasteiger partial charge >= 0.3 is 0 Å². The van der Waals surface area contributed by atoms with Crippen LogP contribution in [0, 0.1) is 5.41 Å². The van der Waals surface area contributed by atoms with Crippen molar-refractivity contribution in [1.82, 2.24) is 4.90 Å². The summed E-state index contributed by atoms with van der Waals surface area (Å²) in [4.78, 5) is 2.00. The Morgan fingerprint density at radius 3 is 2.18 bits per heavy atom. The Labute approximate surface area is 73.6 Å². The standard InChI is InChI=1S/C10H21N/c1-10(2,3)9-11-7-5-4-6-8-11/h4-9H2,1-3H3/i9D2. The van der Waals surface area contributed by atoms with Crippen LogP contribution in [0.15, 0.2) is 0 Å². The third kappa shape index (κ3) is 3.76. The highest BCUT2D eigenvalue weighted by atomic mass is 15.1. The van der Waals surface area contributed by atoms with E-state index in [9.17, 15) is 0 Å². The highest BCUT2D eigenvalue weighted by Gasteiger charge is 2.17. The van der Waals surface area contributed by atoms with E-state index in [0.29, 0.717) is 0 Å². The molecular weight excluding hydrogens is 134 g/mol.